The zero-order chi connectivity index (χ0) is 17.3. The predicted octanol–water partition coefficient (Wildman–Crippen LogP) is 3.41. The van der Waals surface area contributed by atoms with Gasteiger partial charge in [0, 0.05) is 29.7 Å². The summed E-state index contributed by atoms with van der Waals surface area (Å²) in [5.74, 6) is -2.06. The largest absolute Gasteiger partial charge is 0.506 e. The Bertz CT molecular complexity index is 827. The smallest absolute Gasteiger partial charge is 0.313 e. The highest BCUT2D eigenvalue weighted by Gasteiger charge is 2.22. The third kappa shape index (κ3) is 3.37. The molecule has 2 N–H and O–H groups in total. The van der Waals surface area contributed by atoms with Crippen LogP contribution in [0.1, 0.15) is 11.1 Å². The lowest BCUT2D eigenvalue weighted by molar-refractivity contribution is -0.386. The molecule has 0 aliphatic rings. The summed E-state index contributed by atoms with van der Waals surface area (Å²) in [5, 5.41) is 41.4. The van der Waals surface area contributed by atoms with Gasteiger partial charge in [-0.05, 0) is 22.0 Å². The van der Waals surface area contributed by atoms with Gasteiger partial charge < -0.3 is 10.2 Å². The summed E-state index contributed by atoms with van der Waals surface area (Å²) in [5.41, 5.74) is -1.35. The summed E-state index contributed by atoms with van der Waals surface area (Å²) in [7, 11) is 0. The quantitative estimate of drug-likeness (QED) is 0.612. The van der Waals surface area contributed by atoms with Crippen molar-refractivity contribution in [2.75, 3.05) is 0 Å². The van der Waals surface area contributed by atoms with Gasteiger partial charge in [-0.3, -0.25) is 20.2 Å². The van der Waals surface area contributed by atoms with Crippen LogP contribution in [-0.2, 0) is 6.42 Å². The molecule has 0 heterocycles. The third-order valence-electron chi connectivity index (χ3n) is 3.05. The van der Waals surface area contributed by atoms with Gasteiger partial charge in [-0.1, -0.05) is 0 Å². The van der Waals surface area contributed by atoms with Crippen LogP contribution < -0.4 is 0 Å². The van der Waals surface area contributed by atoms with Crippen LogP contribution >= 0.6 is 15.9 Å². The Morgan fingerprint density at radius 1 is 1.00 bits per heavy atom. The molecule has 2 rings (SSSR count). The van der Waals surface area contributed by atoms with Crippen LogP contribution in [0, 0.1) is 26.0 Å². The number of halogens is 2. The van der Waals surface area contributed by atoms with Crippen LogP contribution in [0.3, 0.4) is 0 Å². The van der Waals surface area contributed by atoms with Crippen molar-refractivity contribution < 1.29 is 24.5 Å². The Kier molecular flexibility index (Phi) is 4.45. The summed E-state index contributed by atoms with van der Waals surface area (Å²) in [6, 6.07) is 3.53. The number of nitro groups is 2. The summed E-state index contributed by atoms with van der Waals surface area (Å²) in [4.78, 5) is 20.0. The first-order valence-corrected chi connectivity index (χ1v) is 6.81. The number of rotatable bonds is 4. The first-order valence-electron chi connectivity index (χ1n) is 6.02. The van der Waals surface area contributed by atoms with E-state index in [0.717, 1.165) is 18.2 Å². The monoisotopic (exact) mass is 386 g/mol. The van der Waals surface area contributed by atoms with E-state index in [9.17, 15) is 34.8 Å². The lowest BCUT2D eigenvalue weighted by atomic mass is 10.0. The minimum absolute atomic E-state index is 0.00118. The van der Waals surface area contributed by atoms with Gasteiger partial charge in [-0.2, -0.15) is 0 Å². The molecule has 8 nitrogen and oxygen atoms in total. The van der Waals surface area contributed by atoms with Crippen molar-refractivity contribution in [3.63, 3.8) is 0 Å². The number of phenolic OH excluding ortho intramolecular Hbond substituents is 2. The van der Waals surface area contributed by atoms with Crippen LogP contribution in [0.25, 0.3) is 0 Å². The maximum atomic E-state index is 13.5. The van der Waals surface area contributed by atoms with E-state index < -0.39 is 27.1 Å². The molecule has 0 radical (unpaired) electrons. The molecule has 0 fully saturated rings. The van der Waals surface area contributed by atoms with E-state index in [4.69, 9.17) is 0 Å². The van der Waals surface area contributed by atoms with Crippen molar-refractivity contribution in [2.24, 2.45) is 0 Å². The van der Waals surface area contributed by atoms with E-state index in [1.807, 2.05) is 0 Å². The van der Waals surface area contributed by atoms with Crippen LogP contribution in [0.5, 0.6) is 11.5 Å². The first kappa shape index (κ1) is 16.6. The van der Waals surface area contributed by atoms with E-state index in [1.165, 1.54) is 0 Å². The van der Waals surface area contributed by atoms with Crippen LogP contribution in [0.4, 0.5) is 15.8 Å². The number of non-ortho nitro benzene ring substituents is 1. The molecule has 0 amide bonds. The average Bonchev–Trinajstić information content (AvgIpc) is 2.46. The summed E-state index contributed by atoms with van der Waals surface area (Å²) < 4.78 is 13.5. The molecule has 0 bridgehead atoms. The maximum Gasteiger partial charge on any atom is 0.313 e. The second-order valence-corrected chi connectivity index (χ2v) is 5.41. The minimum atomic E-state index is -0.953. The van der Waals surface area contributed by atoms with Crippen molar-refractivity contribution in [2.45, 2.75) is 6.42 Å². The number of nitrogens with zero attached hydrogens (tertiary/aromatic N) is 2. The molecule has 0 aliphatic carbocycles. The predicted molar refractivity (Wildman–Crippen MR) is 80.0 cm³/mol. The molecule has 0 unspecified atom stereocenters. The van der Waals surface area contributed by atoms with Gasteiger partial charge in [0.25, 0.3) is 5.69 Å². The fourth-order valence-electron chi connectivity index (χ4n) is 2.00. The van der Waals surface area contributed by atoms with E-state index in [1.54, 1.807) is 0 Å². The molecule has 23 heavy (non-hydrogen) atoms. The molecule has 0 atom stereocenters. The van der Waals surface area contributed by atoms with Gasteiger partial charge in [0.05, 0.1) is 20.4 Å². The fraction of sp³-hybridized carbons (Fsp3) is 0.0769. The summed E-state index contributed by atoms with van der Waals surface area (Å²) in [6.07, 6.45) is -0.337. The Morgan fingerprint density at radius 3 is 2.17 bits per heavy atom. The Labute approximate surface area is 136 Å². The molecule has 120 valence electrons. The van der Waals surface area contributed by atoms with Gasteiger partial charge >= 0.3 is 5.69 Å². The fourth-order valence-corrected chi connectivity index (χ4v) is 2.49. The van der Waals surface area contributed by atoms with Crippen LogP contribution in [0.15, 0.2) is 28.7 Å². The lowest BCUT2D eigenvalue weighted by Gasteiger charge is -2.09. The van der Waals surface area contributed by atoms with Crippen molar-refractivity contribution in [1.82, 2.24) is 0 Å². The van der Waals surface area contributed by atoms with Gasteiger partial charge in [0.1, 0.15) is 11.6 Å². The van der Waals surface area contributed by atoms with Crippen molar-refractivity contribution in [1.29, 1.82) is 0 Å². The molecule has 0 saturated carbocycles. The Balaban J connectivity index is 2.56. The second kappa shape index (κ2) is 6.16. The topological polar surface area (TPSA) is 127 Å². The van der Waals surface area contributed by atoms with Gasteiger partial charge in [-0.15, -0.1) is 0 Å². The maximum absolute atomic E-state index is 13.5. The van der Waals surface area contributed by atoms with Crippen molar-refractivity contribution in [3.8, 4) is 11.5 Å². The Morgan fingerprint density at radius 2 is 1.61 bits per heavy atom. The standard InChI is InChI=1S/C13H8BrFN2O6/c14-10-5-9(16(20)21)3-7(12(10)18)1-6-2-8(15)4-11(13(6)19)17(22)23/h2-5,18-19H,1H2. The van der Waals surface area contributed by atoms with Crippen LogP contribution in [0.2, 0.25) is 0 Å². The molecule has 0 aliphatic heterocycles. The highest BCUT2D eigenvalue weighted by Crippen LogP contribution is 2.37. The number of hydrogen-bond acceptors (Lipinski definition) is 6. The summed E-state index contributed by atoms with van der Waals surface area (Å²) in [6.45, 7) is 0. The van der Waals surface area contributed by atoms with Crippen LogP contribution in [-0.4, -0.2) is 20.1 Å². The first-order chi connectivity index (χ1) is 10.7. The van der Waals surface area contributed by atoms with Gasteiger partial charge in [-0.25, -0.2) is 4.39 Å². The van der Waals surface area contributed by atoms with E-state index in [0.29, 0.717) is 6.07 Å². The molecule has 2 aromatic rings. The molecule has 2 aromatic carbocycles. The Hall–Kier alpha value is -2.75. The average molecular weight is 387 g/mol. The molecule has 0 spiro atoms. The number of phenols is 2. The molecular weight excluding hydrogens is 379 g/mol. The molecule has 0 aromatic heterocycles. The highest BCUT2D eigenvalue weighted by atomic mass is 79.9. The van der Waals surface area contributed by atoms with Crippen molar-refractivity contribution >= 4 is 27.3 Å². The van der Waals surface area contributed by atoms with E-state index >= 15 is 0 Å². The number of hydrogen-bond donors (Lipinski definition) is 2. The van der Waals surface area contributed by atoms with Gasteiger partial charge in [0.2, 0.25) is 0 Å². The molecular formula is C13H8BrFN2O6. The summed E-state index contributed by atoms with van der Waals surface area (Å²) >= 11 is 2.95. The van der Waals surface area contributed by atoms with E-state index in [2.05, 4.69) is 15.9 Å². The molecule has 10 heteroatoms. The second-order valence-electron chi connectivity index (χ2n) is 4.56. The highest BCUT2D eigenvalue weighted by molar-refractivity contribution is 9.10. The number of benzene rings is 2. The van der Waals surface area contributed by atoms with Crippen molar-refractivity contribution in [3.05, 3.63) is 65.9 Å². The number of aromatic hydroxyl groups is 2. The minimum Gasteiger partial charge on any atom is -0.506 e. The molecule has 0 saturated heterocycles. The zero-order valence-corrected chi connectivity index (χ0v) is 12.8. The SMILES string of the molecule is O=[N+]([O-])c1cc(Br)c(O)c(Cc2cc(F)cc([N+](=O)[O-])c2O)c1. The normalized spacial score (nSPS) is 10.5. The lowest BCUT2D eigenvalue weighted by Crippen LogP contribution is -1.98. The zero-order valence-electron chi connectivity index (χ0n) is 11.2. The third-order valence-corrected chi connectivity index (χ3v) is 3.65. The number of nitro benzene ring substituents is 2. The van der Waals surface area contributed by atoms with Gasteiger partial charge in [0.15, 0.2) is 5.75 Å². The van der Waals surface area contributed by atoms with E-state index in [-0.39, 0.29) is 33.5 Å².